The SMILES string of the molecule is CCCCCCCCC(Oc1cc(C)ccc1C)C(=O)Nc1c(C(F)(F)F)ccc2ncc(C)cc12. The highest BCUT2D eigenvalue weighted by Gasteiger charge is 2.35. The lowest BCUT2D eigenvalue weighted by molar-refractivity contribution is -0.136. The number of pyridine rings is 1. The molecule has 1 unspecified atom stereocenters. The van der Waals surface area contributed by atoms with Gasteiger partial charge in [-0.05, 0) is 74.6 Å². The second kappa shape index (κ2) is 12.2. The molecule has 1 atom stereocenters. The summed E-state index contributed by atoms with van der Waals surface area (Å²) in [5, 5.41) is 2.83. The molecule has 0 spiro atoms. The van der Waals surface area contributed by atoms with Crippen LogP contribution in [0.25, 0.3) is 10.9 Å². The summed E-state index contributed by atoms with van der Waals surface area (Å²) in [6.07, 6.45) is 2.61. The van der Waals surface area contributed by atoms with E-state index in [9.17, 15) is 18.0 Å². The van der Waals surface area contributed by atoms with E-state index in [1.807, 2.05) is 32.0 Å². The second-order valence-corrected chi connectivity index (χ2v) is 9.49. The van der Waals surface area contributed by atoms with Crippen molar-refractivity contribution in [1.29, 1.82) is 0 Å². The number of unbranched alkanes of at least 4 members (excludes halogenated alkanes) is 5. The minimum absolute atomic E-state index is 0.253. The van der Waals surface area contributed by atoms with Crippen LogP contribution in [0.15, 0.2) is 42.6 Å². The number of aryl methyl sites for hydroxylation is 3. The van der Waals surface area contributed by atoms with Gasteiger partial charge in [-0.15, -0.1) is 0 Å². The maximum Gasteiger partial charge on any atom is 0.418 e. The normalized spacial score (nSPS) is 12.5. The van der Waals surface area contributed by atoms with Crippen molar-refractivity contribution in [2.24, 2.45) is 0 Å². The Hall–Kier alpha value is -3.09. The van der Waals surface area contributed by atoms with Crippen LogP contribution >= 0.6 is 0 Å². The van der Waals surface area contributed by atoms with Gasteiger partial charge in [0.05, 0.1) is 16.8 Å². The quantitative estimate of drug-likeness (QED) is 0.269. The number of hydrogen-bond donors (Lipinski definition) is 1. The number of alkyl halides is 3. The van der Waals surface area contributed by atoms with E-state index in [-0.39, 0.29) is 11.1 Å². The Kier molecular flexibility index (Phi) is 9.35. The Morgan fingerprint density at radius 1 is 0.972 bits per heavy atom. The van der Waals surface area contributed by atoms with E-state index >= 15 is 0 Å². The van der Waals surface area contributed by atoms with Gasteiger partial charge in [0.25, 0.3) is 5.91 Å². The van der Waals surface area contributed by atoms with Gasteiger partial charge in [-0.25, -0.2) is 0 Å². The fraction of sp³-hybridized carbons (Fsp3) is 0.448. The Morgan fingerprint density at radius 3 is 2.42 bits per heavy atom. The van der Waals surface area contributed by atoms with Crippen LogP contribution in [0.5, 0.6) is 5.75 Å². The van der Waals surface area contributed by atoms with Crippen LogP contribution in [-0.2, 0) is 11.0 Å². The van der Waals surface area contributed by atoms with Crippen molar-refractivity contribution in [2.75, 3.05) is 5.32 Å². The average Bonchev–Trinajstić information content (AvgIpc) is 2.82. The summed E-state index contributed by atoms with van der Waals surface area (Å²) in [6, 6.07) is 9.62. The highest BCUT2D eigenvalue weighted by molar-refractivity contribution is 6.04. The van der Waals surface area contributed by atoms with Crippen LogP contribution in [-0.4, -0.2) is 17.0 Å². The number of nitrogens with one attached hydrogen (secondary N) is 1. The third-order valence-electron chi connectivity index (χ3n) is 6.28. The number of fused-ring (bicyclic) bond motifs is 1. The zero-order chi connectivity index (χ0) is 26.3. The van der Waals surface area contributed by atoms with E-state index in [0.717, 1.165) is 55.7 Å². The molecule has 1 N–H and O–H groups in total. The predicted molar refractivity (Wildman–Crippen MR) is 138 cm³/mol. The highest BCUT2D eigenvalue weighted by Crippen LogP contribution is 2.39. The molecule has 0 aliphatic carbocycles. The number of rotatable bonds is 11. The van der Waals surface area contributed by atoms with Gasteiger partial charge in [0, 0.05) is 11.6 Å². The fourth-order valence-corrected chi connectivity index (χ4v) is 4.22. The molecule has 3 aromatic rings. The largest absolute Gasteiger partial charge is 0.480 e. The van der Waals surface area contributed by atoms with Crippen molar-refractivity contribution < 1.29 is 22.7 Å². The Labute approximate surface area is 211 Å². The lowest BCUT2D eigenvalue weighted by Gasteiger charge is -2.22. The molecule has 0 saturated carbocycles. The fourth-order valence-electron chi connectivity index (χ4n) is 4.22. The maximum absolute atomic E-state index is 13.9. The molecule has 0 fully saturated rings. The smallest absolute Gasteiger partial charge is 0.418 e. The first-order valence-electron chi connectivity index (χ1n) is 12.6. The molecule has 0 aliphatic heterocycles. The summed E-state index contributed by atoms with van der Waals surface area (Å²) in [7, 11) is 0. The molecule has 7 heteroatoms. The van der Waals surface area contributed by atoms with Crippen LogP contribution in [0.3, 0.4) is 0 Å². The van der Waals surface area contributed by atoms with Gasteiger partial charge in [-0.1, -0.05) is 51.2 Å². The lowest BCUT2D eigenvalue weighted by atomic mass is 10.0. The summed E-state index contributed by atoms with van der Waals surface area (Å²) in [4.78, 5) is 17.7. The van der Waals surface area contributed by atoms with Crippen LogP contribution in [0, 0.1) is 20.8 Å². The first-order valence-corrected chi connectivity index (χ1v) is 12.6. The lowest BCUT2D eigenvalue weighted by Crippen LogP contribution is -2.34. The summed E-state index contributed by atoms with van der Waals surface area (Å²) in [5.74, 6) is -0.0309. The molecule has 2 aromatic carbocycles. The topological polar surface area (TPSA) is 51.2 Å². The number of anilines is 1. The summed E-state index contributed by atoms with van der Waals surface area (Å²) < 4.78 is 47.9. The van der Waals surface area contributed by atoms with E-state index in [1.54, 1.807) is 19.2 Å². The number of hydrogen-bond acceptors (Lipinski definition) is 3. The summed E-state index contributed by atoms with van der Waals surface area (Å²) in [5.41, 5.74) is 1.74. The standard InChI is InChI=1S/C29H35F3N2O2/c1-5-6-7-8-9-10-11-25(36-26-17-19(2)12-13-21(26)4)28(35)34-27-22-16-20(3)18-33-24(22)15-14-23(27)29(30,31)32/h12-18,25H,5-11H2,1-4H3,(H,34,35). The number of amides is 1. The van der Waals surface area contributed by atoms with Gasteiger partial charge in [-0.2, -0.15) is 13.2 Å². The zero-order valence-electron chi connectivity index (χ0n) is 21.5. The number of carbonyl (C=O) groups is 1. The third-order valence-corrected chi connectivity index (χ3v) is 6.28. The third kappa shape index (κ3) is 7.21. The zero-order valence-corrected chi connectivity index (χ0v) is 21.5. The molecular formula is C29H35F3N2O2. The van der Waals surface area contributed by atoms with Gasteiger partial charge in [0.2, 0.25) is 0 Å². The molecule has 36 heavy (non-hydrogen) atoms. The molecular weight excluding hydrogens is 465 g/mol. The predicted octanol–water partition coefficient (Wildman–Crippen LogP) is 8.32. The molecule has 4 nitrogen and oxygen atoms in total. The van der Waals surface area contributed by atoms with Crippen molar-refractivity contribution in [3.63, 3.8) is 0 Å². The van der Waals surface area contributed by atoms with E-state index in [4.69, 9.17) is 4.74 Å². The highest BCUT2D eigenvalue weighted by atomic mass is 19.4. The van der Waals surface area contributed by atoms with Crippen molar-refractivity contribution in [3.8, 4) is 5.75 Å². The van der Waals surface area contributed by atoms with Crippen molar-refractivity contribution in [1.82, 2.24) is 4.98 Å². The minimum Gasteiger partial charge on any atom is -0.480 e. The van der Waals surface area contributed by atoms with Crippen molar-refractivity contribution in [3.05, 3.63) is 64.8 Å². The van der Waals surface area contributed by atoms with E-state index in [0.29, 0.717) is 23.3 Å². The summed E-state index contributed by atoms with van der Waals surface area (Å²) in [6.45, 7) is 7.71. The minimum atomic E-state index is -4.64. The van der Waals surface area contributed by atoms with Gasteiger partial charge < -0.3 is 10.1 Å². The van der Waals surface area contributed by atoms with Crippen molar-refractivity contribution >= 4 is 22.5 Å². The number of aromatic nitrogens is 1. The molecule has 0 aliphatic rings. The van der Waals surface area contributed by atoms with E-state index < -0.39 is 23.8 Å². The first-order chi connectivity index (χ1) is 17.1. The number of benzene rings is 2. The molecule has 0 radical (unpaired) electrons. The van der Waals surface area contributed by atoms with Gasteiger partial charge >= 0.3 is 6.18 Å². The Morgan fingerprint density at radius 2 is 1.69 bits per heavy atom. The number of carbonyl (C=O) groups excluding carboxylic acids is 1. The molecule has 1 heterocycles. The molecule has 1 amide bonds. The summed E-state index contributed by atoms with van der Waals surface area (Å²) >= 11 is 0. The maximum atomic E-state index is 13.9. The van der Waals surface area contributed by atoms with Crippen LogP contribution in [0.2, 0.25) is 0 Å². The van der Waals surface area contributed by atoms with E-state index in [2.05, 4.69) is 17.2 Å². The van der Waals surface area contributed by atoms with Gasteiger partial charge in [-0.3, -0.25) is 9.78 Å². The molecule has 0 saturated heterocycles. The number of halogens is 3. The van der Waals surface area contributed by atoms with Gasteiger partial charge in [0.1, 0.15) is 5.75 Å². The monoisotopic (exact) mass is 500 g/mol. The molecule has 1 aromatic heterocycles. The number of nitrogens with zero attached hydrogens (tertiary/aromatic N) is 1. The van der Waals surface area contributed by atoms with Crippen LogP contribution in [0.1, 0.15) is 74.1 Å². The number of ether oxygens (including phenoxy) is 1. The first kappa shape index (κ1) is 27.5. The molecule has 194 valence electrons. The molecule has 3 rings (SSSR count). The average molecular weight is 501 g/mol. The molecule has 0 bridgehead atoms. The van der Waals surface area contributed by atoms with Crippen LogP contribution in [0.4, 0.5) is 18.9 Å². The second-order valence-electron chi connectivity index (χ2n) is 9.49. The Bertz CT molecular complexity index is 1190. The van der Waals surface area contributed by atoms with Crippen LogP contribution < -0.4 is 10.1 Å². The van der Waals surface area contributed by atoms with Gasteiger partial charge in [0.15, 0.2) is 6.10 Å². The van der Waals surface area contributed by atoms with E-state index in [1.165, 1.54) is 6.07 Å². The van der Waals surface area contributed by atoms with Crippen molar-refractivity contribution in [2.45, 2.75) is 84.9 Å². The Balaban J connectivity index is 1.91.